The SMILES string of the molecule is Nc1ccc(Oc2ccc(-c3ccc(Oc4ccc(N)cc4)cc3)cc2)cc1.Nc1ccc(Oc2ccc(C3(c4ccc(Oc5ccc(N)cc5)cc4)c4ccccc4-c4ccccc43)cc2)cc1. The number of anilines is 4. The van der Waals surface area contributed by atoms with Crippen molar-refractivity contribution in [2.75, 3.05) is 22.9 Å². The van der Waals surface area contributed by atoms with Gasteiger partial charge in [-0.3, -0.25) is 0 Å². The van der Waals surface area contributed by atoms with E-state index in [9.17, 15) is 0 Å². The summed E-state index contributed by atoms with van der Waals surface area (Å²) in [5.41, 5.74) is 34.9. The second-order valence-corrected chi connectivity index (χ2v) is 16.6. The number of benzene rings is 10. The predicted octanol–water partition coefficient (Wildman–Crippen LogP) is 14.9. The Bertz CT molecular complexity index is 3080. The van der Waals surface area contributed by atoms with Crippen molar-refractivity contribution in [3.8, 4) is 68.2 Å². The largest absolute Gasteiger partial charge is 0.457 e. The van der Waals surface area contributed by atoms with Gasteiger partial charge < -0.3 is 41.9 Å². The molecule has 0 saturated heterocycles. The maximum absolute atomic E-state index is 6.13. The molecule has 8 N–H and O–H groups in total. The Hall–Kier alpha value is -9.40. The van der Waals surface area contributed by atoms with Crippen LogP contribution in [0.3, 0.4) is 0 Å². The van der Waals surface area contributed by atoms with E-state index in [1.54, 1.807) is 0 Å². The Balaban J connectivity index is 0.000000173. The molecule has 0 aromatic heterocycles. The molecule has 0 fully saturated rings. The Morgan fingerprint density at radius 2 is 0.449 bits per heavy atom. The molecule has 10 aromatic carbocycles. The zero-order chi connectivity index (χ0) is 47.2. The monoisotopic (exact) mass is 900 g/mol. The smallest absolute Gasteiger partial charge is 0.127 e. The van der Waals surface area contributed by atoms with Gasteiger partial charge in [0.15, 0.2) is 0 Å². The van der Waals surface area contributed by atoms with E-state index in [0.29, 0.717) is 22.7 Å². The molecule has 1 aliphatic carbocycles. The lowest BCUT2D eigenvalue weighted by Gasteiger charge is -2.34. The van der Waals surface area contributed by atoms with Crippen molar-refractivity contribution in [2.24, 2.45) is 0 Å². The Morgan fingerprint density at radius 3 is 0.710 bits per heavy atom. The van der Waals surface area contributed by atoms with Gasteiger partial charge in [-0.15, -0.1) is 0 Å². The molecule has 10 aromatic rings. The Morgan fingerprint density at radius 1 is 0.232 bits per heavy atom. The van der Waals surface area contributed by atoms with E-state index in [1.807, 2.05) is 170 Å². The first-order chi connectivity index (χ1) is 33.8. The third kappa shape index (κ3) is 9.50. The average molecular weight is 901 g/mol. The molecule has 0 radical (unpaired) electrons. The molecule has 0 heterocycles. The normalized spacial score (nSPS) is 11.8. The number of hydrogen-bond donors (Lipinski definition) is 4. The van der Waals surface area contributed by atoms with Gasteiger partial charge in [-0.2, -0.15) is 0 Å². The van der Waals surface area contributed by atoms with Gasteiger partial charge in [-0.25, -0.2) is 0 Å². The summed E-state index contributed by atoms with van der Waals surface area (Å²) in [6.45, 7) is 0. The fourth-order valence-electron chi connectivity index (χ4n) is 8.69. The Kier molecular flexibility index (Phi) is 12.1. The molecule has 0 bridgehead atoms. The highest BCUT2D eigenvalue weighted by molar-refractivity contribution is 5.86. The number of ether oxygens (including phenoxy) is 4. The maximum atomic E-state index is 6.13. The quantitative estimate of drug-likeness (QED) is 0.0941. The molecule has 0 amide bonds. The summed E-state index contributed by atoms with van der Waals surface area (Å²) in [5.74, 6) is 6.08. The van der Waals surface area contributed by atoms with E-state index >= 15 is 0 Å². The van der Waals surface area contributed by atoms with Gasteiger partial charge >= 0.3 is 0 Å². The zero-order valence-electron chi connectivity index (χ0n) is 37.5. The van der Waals surface area contributed by atoms with Crippen LogP contribution >= 0.6 is 0 Å². The lowest BCUT2D eigenvalue weighted by Crippen LogP contribution is -2.28. The molecular formula is C61H48N4O4. The van der Waals surface area contributed by atoms with Crippen molar-refractivity contribution in [3.63, 3.8) is 0 Å². The molecular weight excluding hydrogens is 853 g/mol. The van der Waals surface area contributed by atoms with E-state index in [2.05, 4.69) is 72.8 Å². The van der Waals surface area contributed by atoms with Crippen molar-refractivity contribution in [2.45, 2.75) is 5.41 Å². The molecule has 0 atom stereocenters. The third-order valence-electron chi connectivity index (χ3n) is 12.0. The minimum absolute atomic E-state index is 0.507. The summed E-state index contributed by atoms with van der Waals surface area (Å²) in [4.78, 5) is 0. The molecule has 69 heavy (non-hydrogen) atoms. The van der Waals surface area contributed by atoms with Gasteiger partial charge in [0.25, 0.3) is 0 Å². The van der Waals surface area contributed by atoms with E-state index in [0.717, 1.165) is 68.2 Å². The summed E-state index contributed by atoms with van der Waals surface area (Å²) in [5, 5.41) is 0. The van der Waals surface area contributed by atoms with Crippen molar-refractivity contribution < 1.29 is 18.9 Å². The van der Waals surface area contributed by atoms with Crippen LogP contribution in [0.2, 0.25) is 0 Å². The number of rotatable bonds is 11. The summed E-state index contributed by atoms with van der Waals surface area (Å²) < 4.78 is 23.9. The minimum Gasteiger partial charge on any atom is -0.457 e. The molecule has 0 saturated carbocycles. The summed E-state index contributed by atoms with van der Waals surface area (Å²) in [6, 6.07) is 79.7. The van der Waals surface area contributed by atoms with Crippen molar-refractivity contribution in [1.82, 2.24) is 0 Å². The molecule has 8 nitrogen and oxygen atoms in total. The fraction of sp³-hybridized carbons (Fsp3) is 0.0164. The summed E-state index contributed by atoms with van der Waals surface area (Å²) in [7, 11) is 0. The van der Waals surface area contributed by atoms with Crippen LogP contribution in [0.1, 0.15) is 22.3 Å². The van der Waals surface area contributed by atoms with E-state index in [4.69, 9.17) is 41.9 Å². The summed E-state index contributed by atoms with van der Waals surface area (Å²) >= 11 is 0. The molecule has 336 valence electrons. The van der Waals surface area contributed by atoms with Crippen LogP contribution in [-0.4, -0.2) is 0 Å². The van der Waals surface area contributed by atoms with Gasteiger partial charge in [0.2, 0.25) is 0 Å². The zero-order valence-corrected chi connectivity index (χ0v) is 37.5. The molecule has 8 heteroatoms. The van der Waals surface area contributed by atoms with E-state index < -0.39 is 5.41 Å². The second-order valence-electron chi connectivity index (χ2n) is 16.6. The summed E-state index contributed by atoms with van der Waals surface area (Å²) in [6.07, 6.45) is 0. The lowest BCUT2D eigenvalue weighted by molar-refractivity contribution is 0.482. The third-order valence-corrected chi connectivity index (χ3v) is 12.0. The van der Waals surface area contributed by atoms with Crippen LogP contribution in [0, 0.1) is 0 Å². The average Bonchev–Trinajstić information content (AvgIpc) is 3.69. The van der Waals surface area contributed by atoms with Gasteiger partial charge in [-0.1, -0.05) is 97.1 Å². The lowest BCUT2D eigenvalue weighted by atomic mass is 9.68. The molecule has 1 aliphatic rings. The van der Waals surface area contributed by atoms with Crippen LogP contribution < -0.4 is 41.9 Å². The van der Waals surface area contributed by atoms with Gasteiger partial charge in [0, 0.05) is 22.7 Å². The minimum atomic E-state index is -0.507. The number of fused-ring (bicyclic) bond motifs is 3. The number of nitrogen functional groups attached to an aromatic ring is 4. The Labute approximate surface area is 401 Å². The fourth-order valence-corrected chi connectivity index (χ4v) is 8.69. The highest BCUT2D eigenvalue weighted by Gasteiger charge is 2.45. The molecule has 0 unspecified atom stereocenters. The maximum Gasteiger partial charge on any atom is 0.127 e. The highest BCUT2D eigenvalue weighted by atomic mass is 16.5. The predicted molar refractivity (Wildman–Crippen MR) is 279 cm³/mol. The van der Waals surface area contributed by atoms with Crippen LogP contribution in [0.5, 0.6) is 46.0 Å². The van der Waals surface area contributed by atoms with Gasteiger partial charge in [0.1, 0.15) is 46.0 Å². The van der Waals surface area contributed by atoms with Crippen LogP contribution in [-0.2, 0) is 5.41 Å². The van der Waals surface area contributed by atoms with Crippen LogP contribution in [0.4, 0.5) is 22.7 Å². The molecule has 0 aliphatic heterocycles. The first kappa shape index (κ1) is 43.5. The van der Waals surface area contributed by atoms with Gasteiger partial charge in [0.05, 0.1) is 5.41 Å². The van der Waals surface area contributed by atoms with Crippen LogP contribution in [0.25, 0.3) is 22.3 Å². The highest BCUT2D eigenvalue weighted by Crippen LogP contribution is 2.56. The van der Waals surface area contributed by atoms with E-state index in [1.165, 1.54) is 22.3 Å². The van der Waals surface area contributed by atoms with Crippen molar-refractivity contribution in [1.29, 1.82) is 0 Å². The first-order valence-electron chi connectivity index (χ1n) is 22.5. The topological polar surface area (TPSA) is 141 Å². The van der Waals surface area contributed by atoms with Crippen LogP contribution in [0.15, 0.2) is 243 Å². The molecule has 0 spiro atoms. The number of hydrogen-bond acceptors (Lipinski definition) is 8. The first-order valence-corrected chi connectivity index (χ1v) is 22.5. The van der Waals surface area contributed by atoms with Crippen molar-refractivity contribution in [3.05, 3.63) is 265 Å². The second kappa shape index (κ2) is 19.2. The van der Waals surface area contributed by atoms with E-state index in [-0.39, 0.29) is 0 Å². The molecule has 11 rings (SSSR count). The number of nitrogens with two attached hydrogens (primary N) is 4. The van der Waals surface area contributed by atoms with Crippen molar-refractivity contribution >= 4 is 22.7 Å². The standard InChI is InChI=1S/C37H28N2O2.C24H20N2O2/c38-27-13-21-31(22-14-27)40-29-17-9-25(10-18-29)37(35-7-3-1-5-33(35)34-6-2-4-8-36(34)37)26-11-19-30(20-12-26)41-32-23-15-28(39)16-24-32;25-19-5-13-23(14-6-19)27-21-9-1-17(2-10-21)18-3-11-22(12-4-18)28-24-15-7-20(26)8-16-24/h1-24H,38-39H2;1-16H,25-26H2. The van der Waals surface area contributed by atoms with Gasteiger partial charge in [-0.05, 0) is 190 Å².